The van der Waals surface area contributed by atoms with Gasteiger partial charge >= 0.3 is 6.03 Å². The van der Waals surface area contributed by atoms with Gasteiger partial charge in [-0.25, -0.2) is 9.48 Å². The minimum Gasteiger partial charge on any atom is -0.315 e. The molecule has 2 aromatic carbocycles. The lowest BCUT2D eigenvalue weighted by atomic mass is 9.92. The first-order chi connectivity index (χ1) is 16.5. The summed E-state index contributed by atoms with van der Waals surface area (Å²) in [5.41, 5.74) is 1.72. The molecule has 0 radical (unpaired) electrons. The monoisotopic (exact) mass is 535 g/mol. The summed E-state index contributed by atoms with van der Waals surface area (Å²) in [4.78, 5) is 27.3. The van der Waals surface area contributed by atoms with Crippen LogP contribution in [0, 0.1) is 0 Å². The number of hydrogen-bond acceptors (Lipinski definition) is 3. The van der Waals surface area contributed by atoms with Crippen molar-refractivity contribution < 1.29 is 9.59 Å². The van der Waals surface area contributed by atoms with Crippen molar-refractivity contribution in [2.45, 2.75) is 39.5 Å². The number of nitrogens with zero attached hydrogens (tertiary/aromatic N) is 3. The SMILES string of the molecule is CCCN(CC(=O)Nc1cc(C(C)(C)C)nn1-c1ccc(Cl)c(Cl)c1)C(=O)Nc1cccc(Cl)c1. The van der Waals surface area contributed by atoms with E-state index in [1.54, 1.807) is 47.1 Å². The fraction of sp³-hybridized carbons (Fsp3) is 0.320. The quantitative estimate of drug-likeness (QED) is 0.341. The van der Waals surface area contributed by atoms with Crippen LogP contribution in [0.25, 0.3) is 5.69 Å². The molecule has 2 N–H and O–H groups in total. The highest BCUT2D eigenvalue weighted by Crippen LogP contribution is 2.29. The first-order valence-corrected chi connectivity index (χ1v) is 12.3. The Kier molecular flexibility index (Phi) is 8.70. The normalized spacial score (nSPS) is 11.3. The van der Waals surface area contributed by atoms with Gasteiger partial charge in [-0.2, -0.15) is 5.10 Å². The van der Waals surface area contributed by atoms with E-state index in [1.165, 1.54) is 4.90 Å². The van der Waals surface area contributed by atoms with Crippen LogP contribution in [0.1, 0.15) is 39.8 Å². The van der Waals surface area contributed by atoms with Gasteiger partial charge in [0.25, 0.3) is 0 Å². The Hall–Kier alpha value is -2.74. The molecule has 0 saturated heterocycles. The molecule has 1 aromatic heterocycles. The molecule has 0 aliphatic rings. The Morgan fingerprint density at radius 2 is 1.74 bits per heavy atom. The number of hydrogen-bond donors (Lipinski definition) is 2. The van der Waals surface area contributed by atoms with E-state index in [1.807, 2.05) is 33.8 Å². The number of carbonyl (C=O) groups is 2. The third kappa shape index (κ3) is 7.13. The highest BCUT2D eigenvalue weighted by molar-refractivity contribution is 6.42. The molecular weight excluding hydrogens is 509 g/mol. The van der Waals surface area contributed by atoms with E-state index in [-0.39, 0.29) is 17.9 Å². The van der Waals surface area contributed by atoms with Crippen LogP contribution < -0.4 is 10.6 Å². The number of urea groups is 1. The van der Waals surface area contributed by atoms with Crippen molar-refractivity contribution >= 4 is 58.2 Å². The van der Waals surface area contributed by atoms with Crippen LogP contribution in [0.2, 0.25) is 15.1 Å². The summed E-state index contributed by atoms with van der Waals surface area (Å²) in [5.74, 6) is 0.103. The molecular formula is C25H28Cl3N5O2. The molecule has 10 heteroatoms. The highest BCUT2D eigenvalue weighted by atomic mass is 35.5. The number of anilines is 2. The van der Waals surface area contributed by atoms with E-state index in [2.05, 4.69) is 15.7 Å². The highest BCUT2D eigenvalue weighted by Gasteiger charge is 2.23. The maximum atomic E-state index is 13.0. The lowest BCUT2D eigenvalue weighted by Crippen LogP contribution is -2.41. The van der Waals surface area contributed by atoms with Crippen molar-refractivity contribution in [3.05, 3.63) is 69.3 Å². The van der Waals surface area contributed by atoms with Crippen molar-refractivity contribution in [3.8, 4) is 5.69 Å². The average molecular weight is 537 g/mol. The number of benzene rings is 2. The van der Waals surface area contributed by atoms with Crippen molar-refractivity contribution in [1.82, 2.24) is 14.7 Å². The van der Waals surface area contributed by atoms with E-state index in [0.717, 1.165) is 5.69 Å². The molecule has 0 unspecified atom stereocenters. The lowest BCUT2D eigenvalue weighted by molar-refractivity contribution is -0.116. The van der Waals surface area contributed by atoms with Gasteiger partial charge in [0.15, 0.2) is 0 Å². The molecule has 0 atom stereocenters. The van der Waals surface area contributed by atoms with Crippen LogP contribution in [0.15, 0.2) is 48.5 Å². The lowest BCUT2D eigenvalue weighted by Gasteiger charge is -2.22. The summed E-state index contributed by atoms with van der Waals surface area (Å²) < 4.78 is 1.61. The zero-order chi connectivity index (χ0) is 25.8. The molecule has 0 aliphatic heterocycles. The minimum atomic E-state index is -0.391. The fourth-order valence-corrected chi connectivity index (χ4v) is 3.78. The van der Waals surface area contributed by atoms with E-state index in [9.17, 15) is 9.59 Å². The first-order valence-electron chi connectivity index (χ1n) is 11.1. The second-order valence-corrected chi connectivity index (χ2v) is 10.3. The summed E-state index contributed by atoms with van der Waals surface area (Å²) in [6, 6.07) is 13.4. The Balaban J connectivity index is 1.82. The third-order valence-corrected chi connectivity index (χ3v) is 6.06. The average Bonchev–Trinajstić information content (AvgIpc) is 3.19. The fourth-order valence-electron chi connectivity index (χ4n) is 3.30. The second kappa shape index (κ2) is 11.3. The van der Waals surface area contributed by atoms with Gasteiger partial charge in [-0.05, 0) is 42.8 Å². The van der Waals surface area contributed by atoms with Gasteiger partial charge in [-0.15, -0.1) is 0 Å². The van der Waals surface area contributed by atoms with Crippen LogP contribution in [0.3, 0.4) is 0 Å². The summed E-state index contributed by atoms with van der Waals surface area (Å²) in [7, 11) is 0. The van der Waals surface area contributed by atoms with Gasteiger partial charge in [0.05, 0.1) is 21.4 Å². The van der Waals surface area contributed by atoms with Gasteiger partial charge in [0.1, 0.15) is 12.4 Å². The predicted octanol–water partition coefficient (Wildman–Crippen LogP) is 7.01. The second-order valence-electron chi connectivity index (χ2n) is 9.09. The van der Waals surface area contributed by atoms with E-state index in [0.29, 0.717) is 45.2 Å². The maximum absolute atomic E-state index is 13.0. The molecule has 0 spiro atoms. The molecule has 186 valence electrons. The summed E-state index contributed by atoms with van der Waals surface area (Å²) in [6.07, 6.45) is 0.686. The van der Waals surface area contributed by atoms with Crippen LogP contribution >= 0.6 is 34.8 Å². The summed E-state index contributed by atoms with van der Waals surface area (Å²) in [6.45, 7) is 8.29. The number of rotatable bonds is 7. The topological polar surface area (TPSA) is 79.3 Å². The molecule has 0 bridgehead atoms. The van der Waals surface area contributed by atoms with Crippen molar-refractivity contribution in [1.29, 1.82) is 0 Å². The standard InChI is InChI=1S/C25H28Cl3N5O2/c1-5-11-32(24(35)29-17-8-6-7-16(26)12-17)15-23(34)30-22-14-21(25(2,3)4)31-33(22)18-9-10-19(27)20(28)13-18/h6-10,12-14H,5,11,15H2,1-4H3,(H,29,35)(H,30,34). The van der Waals surface area contributed by atoms with E-state index >= 15 is 0 Å². The Morgan fingerprint density at radius 3 is 2.37 bits per heavy atom. The van der Waals surface area contributed by atoms with E-state index < -0.39 is 6.03 Å². The maximum Gasteiger partial charge on any atom is 0.322 e. The zero-order valence-electron chi connectivity index (χ0n) is 20.0. The number of amides is 3. The molecule has 0 aliphatic carbocycles. The Morgan fingerprint density at radius 1 is 1.00 bits per heavy atom. The molecule has 3 amide bonds. The predicted molar refractivity (Wildman–Crippen MR) is 143 cm³/mol. The molecule has 35 heavy (non-hydrogen) atoms. The van der Waals surface area contributed by atoms with Gasteiger partial charge in [-0.1, -0.05) is 68.6 Å². The molecule has 3 aromatic rings. The number of carbonyl (C=O) groups excluding carboxylic acids is 2. The van der Waals surface area contributed by atoms with Gasteiger partial charge in [0.2, 0.25) is 5.91 Å². The Bertz CT molecular complexity index is 1220. The van der Waals surface area contributed by atoms with Crippen LogP contribution in [-0.2, 0) is 10.2 Å². The Labute approximate surface area is 220 Å². The van der Waals surface area contributed by atoms with Gasteiger partial charge in [0, 0.05) is 28.7 Å². The smallest absolute Gasteiger partial charge is 0.315 e. The van der Waals surface area contributed by atoms with Gasteiger partial charge in [-0.3, -0.25) is 4.79 Å². The zero-order valence-corrected chi connectivity index (χ0v) is 22.3. The van der Waals surface area contributed by atoms with Crippen LogP contribution in [-0.4, -0.2) is 39.7 Å². The molecule has 0 fully saturated rings. The van der Waals surface area contributed by atoms with Crippen molar-refractivity contribution in [2.24, 2.45) is 0 Å². The largest absolute Gasteiger partial charge is 0.322 e. The van der Waals surface area contributed by atoms with Gasteiger partial charge < -0.3 is 15.5 Å². The van der Waals surface area contributed by atoms with Crippen LogP contribution in [0.5, 0.6) is 0 Å². The summed E-state index contributed by atoms with van der Waals surface area (Å²) in [5, 5.41) is 11.7. The molecule has 0 saturated carbocycles. The number of nitrogens with one attached hydrogen (secondary N) is 2. The number of halogens is 3. The first kappa shape index (κ1) is 26.9. The van der Waals surface area contributed by atoms with E-state index in [4.69, 9.17) is 34.8 Å². The molecule has 1 heterocycles. The summed E-state index contributed by atoms with van der Waals surface area (Å²) >= 11 is 18.3. The molecule has 7 nitrogen and oxygen atoms in total. The van der Waals surface area contributed by atoms with Crippen molar-refractivity contribution in [3.63, 3.8) is 0 Å². The van der Waals surface area contributed by atoms with Crippen molar-refractivity contribution in [2.75, 3.05) is 23.7 Å². The minimum absolute atomic E-state index is 0.141. The van der Waals surface area contributed by atoms with Crippen LogP contribution in [0.4, 0.5) is 16.3 Å². The third-order valence-electron chi connectivity index (χ3n) is 5.08. The molecule has 3 rings (SSSR count). The number of aromatic nitrogens is 2.